The molecule has 164 valence electrons. The van der Waals surface area contributed by atoms with Crippen molar-refractivity contribution in [3.05, 3.63) is 55.7 Å². The van der Waals surface area contributed by atoms with Gasteiger partial charge in [-0.25, -0.2) is 4.79 Å². The summed E-state index contributed by atoms with van der Waals surface area (Å²) in [6, 6.07) is 6.28. The van der Waals surface area contributed by atoms with Crippen molar-refractivity contribution >= 4 is 17.4 Å². The van der Waals surface area contributed by atoms with Crippen LogP contribution in [0, 0.1) is 13.8 Å². The number of aromatic nitrogens is 2. The molecule has 1 atom stereocenters. The molecule has 0 saturated carbocycles. The quantitative estimate of drug-likeness (QED) is 0.557. The monoisotopic (exact) mass is 416 g/mol. The Bertz CT molecular complexity index is 1010. The number of carbonyl (C=O) groups is 1. The first-order chi connectivity index (χ1) is 14.2. The van der Waals surface area contributed by atoms with Crippen molar-refractivity contribution in [2.75, 3.05) is 30.8 Å². The first-order valence-electron chi connectivity index (χ1n) is 10.5. The largest absolute Gasteiger partial charge is 0.383 e. The molecule has 0 radical (unpaired) electrons. The van der Waals surface area contributed by atoms with E-state index in [0.29, 0.717) is 13.1 Å². The molecule has 8 nitrogen and oxygen atoms in total. The highest BCUT2D eigenvalue weighted by molar-refractivity contribution is 5.96. The zero-order chi connectivity index (χ0) is 22.4. The number of unbranched alkanes of at least 4 members (excludes halogenated alkanes) is 1. The van der Waals surface area contributed by atoms with Crippen molar-refractivity contribution in [1.82, 2.24) is 9.55 Å². The van der Waals surface area contributed by atoms with E-state index in [0.717, 1.165) is 17.7 Å². The number of hydrogen-bond donors (Lipinski definition) is 3. The Morgan fingerprint density at radius 3 is 2.53 bits per heavy atom. The van der Waals surface area contributed by atoms with E-state index in [1.807, 2.05) is 14.0 Å². The lowest BCUT2D eigenvalue weighted by Crippen LogP contribution is -3.09. The van der Waals surface area contributed by atoms with Gasteiger partial charge in [0, 0.05) is 18.7 Å². The Hall–Kier alpha value is -2.87. The molecule has 8 heteroatoms. The molecule has 1 heterocycles. The van der Waals surface area contributed by atoms with Crippen molar-refractivity contribution in [2.24, 2.45) is 0 Å². The number of amides is 1. The third-order valence-electron chi connectivity index (χ3n) is 5.28. The highest BCUT2D eigenvalue weighted by Gasteiger charge is 2.25. The summed E-state index contributed by atoms with van der Waals surface area (Å²) in [4.78, 5) is 42.4. The fourth-order valence-corrected chi connectivity index (χ4v) is 3.62. The molecule has 2 rings (SSSR count). The third kappa shape index (κ3) is 5.38. The van der Waals surface area contributed by atoms with Gasteiger partial charge in [0.1, 0.15) is 12.4 Å². The van der Waals surface area contributed by atoms with E-state index in [2.05, 4.69) is 37.0 Å². The van der Waals surface area contributed by atoms with Crippen LogP contribution >= 0.6 is 0 Å². The number of benzene rings is 1. The van der Waals surface area contributed by atoms with E-state index < -0.39 is 11.2 Å². The molecule has 1 aromatic heterocycles. The SMILES string of the molecule is CCCCn1c(N)c(N(CC)C(=O)C[NH+](C)Cc2ccc(C)cc2C)c(=O)[nH]c1=O. The molecule has 1 unspecified atom stereocenters. The maximum Gasteiger partial charge on any atom is 0.330 e. The number of nitrogens with zero attached hydrogens (tertiary/aromatic N) is 2. The van der Waals surface area contributed by atoms with Gasteiger partial charge in [-0.3, -0.25) is 24.0 Å². The molecule has 1 amide bonds. The van der Waals surface area contributed by atoms with Gasteiger partial charge in [-0.05, 0) is 32.8 Å². The van der Waals surface area contributed by atoms with Gasteiger partial charge in [0.25, 0.3) is 11.5 Å². The second-order valence-corrected chi connectivity index (χ2v) is 7.88. The van der Waals surface area contributed by atoms with E-state index >= 15 is 0 Å². The molecular weight excluding hydrogens is 382 g/mol. The number of nitrogen functional groups attached to an aromatic ring is 1. The van der Waals surface area contributed by atoms with Gasteiger partial charge in [-0.1, -0.05) is 37.1 Å². The highest BCUT2D eigenvalue weighted by atomic mass is 16.2. The third-order valence-corrected chi connectivity index (χ3v) is 5.28. The Labute approximate surface area is 177 Å². The number of H-pyrrole nitrogens is 1. The van der Waals surface area contributed by atoms with Gasteiger partial charge in [0.15, 0.2) is 12.2 Å². The zero-order valence-corrected chi connectivity index (χ0v) is 18.7. The van der Waals surface area contributed by atoms with E-state index in [-0.39, 0.29) is 30.5 Å². The number of aromatic amines is 1. The summed E-state index contributed by atoms with van der Waals surface area (Å²) in [6.07, 6.45) is 1.63. The fraction of sp³-hybridized carbons (Fsp3) is 0.500. The summed E-state index contributed by atoms with van der Waals surface area (Å²) in [6.45, 7) is 9.49. The number of nitrogens with one attached hydrogen (secondary N) is 2. The van der Waals surface area contributed by atoms with Crippen molar-refractivity contribution in [2.45, 2.75) is 53.6 Å². The first-order valence-corrected chi connectivity index (χ1v) is 10.5. The van der Waals surface area contributed by atoms with Crippen LogP contribution < -0.4 is 26.8 Å². The van der Waals surface area contributed by atoms with Crippen LogP contribution in [0.1, 0.15) is 43.4 Å². The van der Waals surface area contributed by atoms with Gasteiger partial charge in [-0.2, -0.15) is 0 Å². The molecular formula is C22H34N5O3+. The number of hydrogen-bond acceptors (Lipinski definition) is 4. The maximum absolute atomic E-state index is 13.0. The second kappa shape index (κ2) is 10.2. The standard InChI is InChI=1S/C22H33N5O3/c1-6-8-11-27-20(23)19(21(29)24-22(27)30)26(7-2)18(28)14-25(5)13-17-10-9-15(3)12-16(17)4/h9-10,12H,6-8,11,13-14,23H2,1-5H3,(H,24,29,30)/p+1. The predicted octanol–water partition coefficient (Wildman–Crippen LogP) is 0.604. The van der Waals surface area contributed by atoms with Gasteiger partial charge < -0.3 is 10.6 Å². The maximum atomic E-state index is 13.0. The lowest BCUT2D eigenvalue weighted by atomic mass is 10.1. The zero-order valence-electron chi connectivity index (χ0n) is 18.7. The van der Waals surface area contributed by atoms with Crippen LogP contribution in [0.15, 0.2) is 27.8 Å². The lowest BCUT2D eigenvalue weighted by Gasteiger charge is -2.24. The summed E-state index contributed by atoms with van der Waals surface area (Å²) in [5, 5.41) is 0. The molecule has 0 saturated heterocycles. The highest BCUT2D eigenvalue weighted by Crippen LogP contribution is 2.17. The molecule has 0 fully saturated rings. The van der Waals surface area contributed by atoms with Crippen LogP contribution in [0.2, 0.25) is 0 Å². The van der Waals surface area contributed by atoms with Crippen molar-refractivity contribution in [3.63, 3.8) is 0 Å². The summed E-state index contributed by atoms with van der Waals surface area (Å²) >= 11 is 0. The fourth-order valence-electron chi connectivity index (χ4n) is 3.62. The number of carbonyl (C=O) groups excluding carboxylic acids is 1. The topological polar surface area (TPSA) is 106 Å². The van der Waals surface area contributed by atoms with E-state index in [1.54, 1.807) is 6.92 Å². The average molecular weight is 417 g/mol. The summed E-state index contributed by atoms with van der Waals surface area (Å²) in [7, 11) is 1.95. The molecule has 0 bridgehead atoms. The normalized spacial score (nSPS) is 12.0. The van der Waals surface area contributed by atoms with Crippen LogP contribution in [-0.4, -0.2) is 35.6 Å². The van der Waals surface area contributed by atoms with Gasteiger partial charge in [0.05, 0.1) is 7.05 Å². The first kappa shape index (κ1) is 23.4. The van der Waals surface area contributed by atoms with E-state index in [1.165, 1.54) is 26.2 Å². The number of rotatable bonds is 9. The van der Waals surface area contributed by atoms with Crippen LogP contribution in [0.5, 0.6) is 0 Å². The second-order valence-electron chi connectivity index (χ2n) is 7.88. The molecule has 4 N–H and O–H groups in total. The number of quaternary nitrogens is 1. The van der Waals surface area contributed by atoms with Crippen LogP contribution in [0.25, 0.3) is 0 Å². The molecule has 1 aromatic carbocycles. The number of anilines is 2. The Morgan fingerprint density at radius 1 is 1.23 bits per heavy atom. The molecule has 0 aliphatic heterocycles. The average Bonchev–Trinajstić information content (AvgIpc) is 2.66. The van der Waals surface area contributed by atoms with Gasteiger partial charge in [-0.15, -0.1) is 0 Å². The number of aryl methyl sites for hydroxylation is 2. The van der Waals surface area contributed by atoms with Crippen LogP contribution in [-0.2, 0) is 17.9 Å². The minimum absolute atomic E-state index is 0.0411. The van der Waals surface area contributed by atoms with E-state index in [4.69, 9.17) is 5.73 Å². The molecule has 0 aliphatic carbocycles. The predicted molar refractivity (Wildman–Crippen MR) is 120 cm³/mol. The van der Waals surface area contributed by atoms with Crippen molar-refractivity contribution in [3.8, 4) is 0 Å². The number of likely N-dealkylation sites (N-methyl/N-ethyl adjacent to an activating group) is 2. The molecule has 2 aromatic rings. The Balaban J connectivity index is 2.25. The number of nitrogens with two attached hydrogens (primary N) is 1. The van der Waals surface area contributed by atoms with E-state index in [9.17, 15) is 14.4 Å². The summed E-state index contributed by atoms with van der Waals surface area (Å²) < 4.78 is 1.34. The van der Waals surface area contributed by atoms with Crippen molar-refractivity contribution in [1.29, 1.82) is 0 Å². The minimum Gasteiger partial charge on any atom is -0.383 e. The smallest absolute Gasteiger partial charge is 0.330 e. The van der Waals surface area contributed by atoms with Crippen molar-refractivity contribution < 1.29 is 9.69 Å². The lowest BCUT2D eigenvalue weighted by molar-refractivity contribution is -0.885. The Kier molecular flexibility index (Phi) is 8.00. The minimum atomic E-state index is -0.632. The molecule has 0 spiro atoms. The summed E-state index contributed by atoms with van der Waals surface area (Å²) in [5.41, 5.74) is 8.62. The van der Waals surface area contributed by atoms with Gasteiger partial charge >= 0.3 is 5.69 Å². The van der Waals surface area contributed by atoms with Crippen LogP contribution in [0.3, 0.4) is 0 Å². The van der Waals surface area contributed by atoms with Crippen LogP contribution in [0.4, 0.5) is 11.5 Å². The molecule has 30 heavy (non-hydrogen) atoms. The summed E-state index contributed by atoms with van der Waals surface area (Å²) in [5.74, 6) is -0.169. The molecule has 0 aliphatic rings. The Morgan fingerprint density at radius 2 is 1.93 bits per heavy atom. The van der Waals surface area contributed by atoms with Gasteiger partial charge in [0.2, 0.25) is 0 Å².